The first kappa shape index (κ1) is 14.6. The number of nitrogens with zero attached hydrogens (tertiary/aromatic N) is 1. The molecule has 0 spiro atoms. The number of nitrogens with one attached hydrogen (secondary N) is 1. The van der Waals surface area contributed by atoms with Crippen LogP contribution in [-0.4, -0.2) is 18.0 Å². The molecule has 7 heteroatoms. The molecule has 0 radical (unpaired) electrons. The lowest BCUT2D eigenvalue weighted by atomic mass is 10.1. The maximum Gasteiger partial charge on any atom is 0.250 e. The fourth-order valence-corrected chi connectivity index (χ4v) is 1.77. The van der Waals surface area contributed by atoms with E-state index in [1.165, 1.54) is 13.2 Å². The molecular formula is C14H15FN4O2. The van der Waals surface area contributed by atoms with Gasteiger partial charge in [-0.1, -0.05) is 6.07 Å². The van der Waals surface area contributed by atoms with Gasteiger partial charge in [0.05, 0.1) is 18.4 Å². The lowest BCUT2D eigenvalue weighted by molar-refractivity contribution is 0.100. The van der Waals surface area contributed by atoms with Crippen LogP contribution in [0.5, 0.6) is 5.88 Å². The number of anilines is 2. The van der Waals surface area contributed by atoms with E-state index in [1.807, 2.05) is 0 Å². The van der Waals surface area contributed by atoms with Crippen molar-refractivity contribution in [3.8, 4) is 5.88 Å². The summed E-state index contributed by atoms with van der Waals surface area (Å²) in [6.45, 7) is 0.329. The molecule has 5 N–H and O–H groups in total. The van der Waals surface area contributed by atoms with E-state index in [9.17, 15) is 9.18 Å². The van der Waals surface area contributed by atoms with Gasteiger partial charge < -0.3 is 21.5 Å². The Balaban J connectivity index is 2.15. The van der Waals surface area contributed by atoms with E-state index >= 15 is 0 Å². The van der Waals surface area contributed by atoms with Gasteiger partial charge in [-0.25, -0.2) is 9.37 Å². The van der Waals surface area contributed by atoms with Gasteiger partial charge in [-0.05, 0) is 17.7 Å². The zero-order valence-corrected chi connectivity index (χ0v) is 11.4. The van der Waals surface area contributed by atoms with E-state index in [-0.39, 0.29) is 16.9 Å². The molecule has 0 saturated carbocycles. The molecule has 1 aromatic carbocycles. The molecule has 0 bridgehead atoms. The van der Waals surface area contributed by atoms with E-state index in [1.54, 1.807) is 18.3 Å². The van der Waals surface area contributed by atoms with Crippen molar-refractivity contribution in [2.45, 2.75) is 6.54 Å². The monoisotopic (exact) mass is 290 g/mol. The van der Waals surface area contributed by atoms with E-state index in [2.05, 4.69) is 10.3 Å². The SMILES string of the molecule is COc1ccc(CNc2cc(C(N)=O)c(N)cc2F)cn1. The summed E-state index contributed by atoms with van der Waals surface area (Å²) in [5, 5.41) is 2.87. The summed E-state index contributed by atoms with van der Waals surface area (Å²) in [7, 11) is 1.52. The average Bonchev–Trinajstić information content (AvgIpc) is 2.46. The number of nitrogens with two attached hydrogens (primary N) is 2. The number of carbonyl (C=O) groups is 1. The van der Waals surface area contributed by atoms with Crippen molar-refractivity contribution in [1.29, 1.82) is 0 Å². The summed E-state index contributed by atoms with van der Waals surface area (Å²) >= 11 is 0. The Morgan fingerprint density at radius 1 is 1.43 bits per heavy atom. The van der Waals surface area contributed by atoms with Crippen molar-refractivity contribution in [2.75, 3.05) is 18.2 Å². The average molecular weight is 290 g/mol. The zero-order valence-electron chi connectivity index (χ0n) is 11.4. The van der Waals surface area contributed by atoms with E-state index < -0.39 is 11.7 Å². The van der Waals surface area contributed by atoms with Crippen LogP contribution in [0.1, 0.15) is 15.9 Å². The van der Waals surface area contributed by atoms with Gasteiger partial charge in [-0.3, -0.25) is 4.79 Å². The maximum atomic E-state index is 13.8. The minimum atomic E-state index is -0.707. The molecule has 0 fully saturated rings. The molecular weight excluding hydrogens is 275 g/mol. The van der Waals surface area contributed by atoms with Crippen molar-refractivity contribution in [2.24, 2.45) is 5.73 Å². The number of halogens is 1. The van der Waals surface area contributed by atoms with Crippen LogP contribution in [0.2, 0.25) is 0 Å². The van der Waals surface area contributed by atoms with E-state index in [0.717, 1.165) is 11.6 Å². The first-order chi connectivity index (χ1) is 10.0. The maximum absolute atomic E-state index is 13.8. The zero-order chi connectivity index (χ0) is 15.4. The lowest BCUT2D eigenvalue weighted by Crippen LogP contribution is -2.15. The second kappa shape index (κ2) is 6.08. The van der Waals surface area contributed by atoms with Crippen LogP contribution in [0.3, 0.4) is 0 Å². The van der Waals surface area contributed by atoms with E-state index in [4.69, 9.17) is 16.2 Å². The number of carbonyl (C=O) groups excluding carboxylic acids is 1. The third kappa shape index (κ3) is 3.38. The van der Waals surface area contributed by atoms with Crippen LogP contribution in [0.15, 0.2) is 30.5 Å². The molecule has 0 unspecified atom stereocenters. The van der Waals surface area contributed by atoms with Crippen molar-refractivity contribution >= 4 is 17.3 Å². The number of hydrogen-bond acceptors (Lipinski definition) is 5. The van der Waals surface area contributed by atoms with Gasteiger partial charge >= 0.3 is 0 Å². The van der Waals surface area contributed by atoms with E-state index in [0.29, 0.717) is 12.4 Å². The largest absolute Gasteiger partial charge is 0.481 e. The Labute approximate surface area is 120 Å². The molecule has 2 aromatic rings. The highest BCUT2D eigenvalue weighted by Crippen LogP contribution is 2.22. The van der Waals surface area contributed by atoms with Gasteiger partial charge in [-0.15, -0.1) is 0 Å². The quantitative estimate of drug-likeness (QED) is 0.724. The molecule has 6 nitrogen and oxygen atoms in total. The number of rotatable bonds is 5. The second-order valence-corrected chi connectivity index (χ2v) is 4.35. The highest BCUT2D eigenvalue weighted by Gasteiger charge is 2.11. The van der Waals surface area contributed by atoms with Gasteiger partial charge in [0, 0.05) is 24.5 Å². The minimum absolute atomic E-state index is 0.0108. The summed E-state index contributed by atoms with van der Waals surface area (Å²) in [6.07, 6.45) is 1.61. The number of benzene rings is 1. The first-order valence-corrected chi connectivity index (χ1v) is 6.13. The van der Waals surface area contributed by atoms with Crippen molar-refractivity contribution in [1.82, 2.24) is 4.98 Å². The molecule has 0 saturated heterocycles. The molecule has 21 heavy (non-hydrogen) atoms. The van der Waals surface area contributed by atoms with Crippen LogP contribution < -0.4 is 21.5 Å². The van der Waals surface area contributed by atoms with Crippen LogP contribution in [0.4, 0.5) is 15.8 Å². The predicted molar refractivity (Wildman–Crippen MR) is 77.4 cm³/mol. The molecule has 0 atom stereocenters. The Kier molecular flexibility index (Phi) is 4.22. The highest BCUT2D eigenvalue weighted by molar-refractivity contribution is 5.99. The van der Waals surface area contributed by atoms with Crippen LogP contribution in [0.25, 0.3) is 0 Å². The van der Waals surface area contributed by atoms with Gasteiger partial charge in [0.25, 0.3) is 5.91 Å². The number of primary amides is 1. The number of nitrogen functional groups attached to an aromatic ring is 1. The number of amides is 1. The number of methoxy groups -OCH3 is 1. The molecule has 1 heterocycles. The Hall–Kier alpha value is -2.83. The number of aromatic nitrogens is 1. The van der Waals surface area contributed by atoms with Gasteiger partial charge in [0.1, 0.15) is 5.82 Å². The number of hydrogen-bond donors (Lipinski definition) is 3. The third-order valence-corrected chi connectivity index (χ3v) is 2.89. The predicted octanol–water partition coefficient (Wildman–Crippen LogP) is 1.52. The summed E-state index contributed by atoms with van der Waals surface area (Å²) < 4.78 is 18.7. The smallest absolute Gasteiger partial charge is 0.250 e. The molecule has 0 aliphatic carbocycles. The van der Waals surface area contributed by atoms with Crippen LogP contribution in [0, 0.1) is 5.82 Å². The molecule has 2 rings (SSSR count). The Bertz CT molecular complexity index is 659. The lowest BCUT2D eigenvalue weighted by Gasteiger charge is -2.10. The summed E-state index contributed by atoms with van der Waals surface area (Å²) in [6, 6.07) is 5.85. The van der Waals surface area contributed by atoms with Crippen molar-refractivity contribution < 1.29 is 13.9 Å². The minimum Gasteiger partial charge on any atom is -0.481 e. The summed E-state index contributed by atoms with van der Waals surface area (Å²) in [5.74, 6) is -0.769. The fourth-order valence-electron chi connectivity index (χ4n) is 1.77. The van der Waals surface area contributed by atoms with Gasteiger partial charge in [0.15, 0.2) is 0 Å². The van der Waals surface area contributed by atoms with Crippen molar-refractivity contribution in [3.63, 3.8) is 0 Å². The fraction of sp³-hybridized carbons (Fsp3) is 0.143. The van der Waals surface area contributed by atoms with Crippen molar-refractivity contribution in [3.05, 3.63) is 47.4 Å². The second-order valence-electron chi connectivity index (χ2n) is 4.35. The topological polar surface area (TPSA) is 103 Å². The Morgan fingerprint density at radius 3 is 2.76 bits per heavy atom. The first-order valence-electron chi connectivity index (χ1n) is 6.13. The van der Waals surface area contributed by atoms with Gasteiger partial charge in [0.2, 0.25) is 5.88 Å². The third-order valence-electron chi connectivity index (χ3n) is 2.89. The van der Waals surface area contributed by atoms with Crippen LogP contribution in [-0.2, 0) is 6.54 Å². The number of pyridine rings is 1. The molecule has 0 aliphatic heterocycles. The normalized spacial score (nSPS) is 10.2. The summed E-state index contributed by atoms with van der Waals surface area (Å²) in [5.41, 5.74) is 11.8. The summed E-state index contributed by atoms with van der Waals surface area (Å²) in [4.78, 5) is 15.2. The molecule has 110 valence electrons. The van der Waals surface area contributed by atoms with Crippen LogP contribution >= 0.6 is 0 Å². The molecule has 0 aliphatic rings. The standard InChI is InChI=1S/C14H15FN4O2/c1-21-13-3-2-8(7-19-13)6-18-12-4-9(14(17)20)11(16)5-10(12)15/h2-5,7,18H,6,16H2,1H3,(H2,17,20). The highest BCUT2D eigenvalue weighted by atomic mass is 19.1. The molecule has 1 aromatic heterocycles. The Morgan fingerprint density at radius 2 is 2.19 bits per heavy atom. The number of ether oxygens (including phenoxy) is 1. The van der Waals surface area contributed by atoms with Gasteiger partial charge in [-0.2, -0.15) is 0 Å². The molecule has 1 amide bonds.